The number of hydrogen-bond acceptors (Lipinski definition) is 2. The lowest BCUT2D eigenvalue weighted by Crippen LogP contribution is -2.27. The van der Waals surface area contributed by atoms with Gasteiger partial charge >= 0.3 is 0 Å². The second-order valence-electron chi connectivity index (χ2n) is 6.33. The van der Waals surface area contributed by atoms with Crippen molar-refractivity contribution in [3.8, 4) is 0 Å². The lowest BCUT2D eigenvalue weighted by Gasteiger charge is -2.12. The van der Waals surface area contributed by atoms with E-state index in [0.29, 0.717) is 12.3 Å². The number of anilines is 1. The molecule has 2 aromatic rings. The molecule has 128 valence electrons. The largest absolute Gasteiger partial charge is 0.385 e. The van der Waals surface area contributed by atoms with E-state index in [1.165, 1.54) is 5.56 Å². The molecule has 0 radical (unpaired) electrons. The first-order chi connectivity index (χ1) is 11.7. The van der Waals surface area contributed by atoms with E-state index in [1.54, 1.807) is 0 Å². The van der Waals surface area contributed by atoms with E-state index in [0.717, 1.165) is 38.0 Å². The van der Waals surface area contributed by atoms with Crippen LogP contribution in [0.1, 0.15) is 31.7 Å². The summed E-state index contributed by atoms with van der Waals surface area (Å²) in [6.07, 6.45) is 3.63. The summed E-state index contributed by atoms with van der Waals surface area (Å²) < 4.78 is 0. The highest BCUT2D eigenvalue weighted by molar-refractivity contribution is 5.76. The first kappa shape index (κ1) is 18.1. The first-order valence-corrected chi connectivity index (χ1v) is 8.83. The summed E-state index contributed by atoms with van der Waals surface area (Å²) in [6, 6.07) is 20.6. The normalized spacial score (nSPS) is 11.7. The van der Waals surface area contributed by atoms with Gasteiger partial charge in [-0.2, -0.15) is 0 Å². The number of amides is 1. The Kier molecular flexibility index (Phi) is 7.88. The molecule has 1 amide bonds. The van der Waals surface area contributed by atoms with Gasteiger partial charge in [-0.05, 0) is 42.9 Å². The van der Waals surface area contributed by atoms with Crippen molar-refractivity contribution < 1.29 is 4.79 Å². The third-order valence-corrected chi connectivity index (χ3v) is 4.08. The number of hydrogen-bond donors (Lipinski definition) is 2. The van der Waals surface area contributed by atoms with Gasteiger partial charge in [0.2, 0.25) is 5.91 Å². The van der Waals surface area contributed by atoms with Gasteiger partial charge in [-0.25, -0.2) is 0 Å². The Morgan fingerprint density at radius 2 is 1.62 bits per heavy atom. The maximum absolute atomic E-state index is 12.0. The fourth-order valence-corrected chi connectivity index (χ4v) is 2.65. The molecule has 0 heterocycles. The van der Waals surface area contributed by atoms with Crippen molar-refractivity contribution in [3.63, 3.8) is 0 Å². The molecule has 2 rings (SSSR count). The van der Waals surface area contributed by atoms with Gasteiger partial charge in [0.05, 0.1) is 0 Å². The third-order valence-electron chi connectivity index (χ3n) is 4.08. The fraction of sp³-hybridized carbons (Fsp3) is 0.381. The second kappa shape index (κ2) is 10.5. The van der Waals surface area contributed by atoms with Crippen LogP contribution in [0.15, 0.2) is 60.7 Å². The molecule has 3 nitrogen and oxygen atoms in total. The molecular weight excluding hydrogens is 296 g/mol. The minimum atomic E-state index is 0.162. The van der Waals surface area contributed by atoms with Crippen LogP contribution in [0.5, 0.6) is 0 Å². The van der Waals surface area contributed by atoms with E-state index in [9.17, 15) is 4.79 Å². The number of carbonyl (C=O) groups excluding carboxylic acids is 1. The Balaban J connectivity index is 1.52. The van der Waals surface area contributed by atoms with Gasteiger partial charge < -0.3 is 10.6 Å². The molecule has 0 bridgehead atoms. The van der Waals surface area contributed by atoms with E-state index >= 15 is 0 Å². The van der Waals surface area contributed by atoms with E-state index in [4.69, 9.17) is 0 Å². The Morgan fingerprint density at radius 3 is 2.33 bits per heavy atom. The number of para-hydroxylation sites is 1. The summed E-state index contributed by atoms with van der Waals surface area (Å²) in [5, 5.41) is 6.37. The van der Waals surface area contributed by atoms with Crippen LogP contribution >= 0.6 is 0 Å². The molecule has 1 atom stereocenters. The SMILES string of the molecule is CC(CCc1ccccc1)CC(=O)NCCCNc1ccccc1. The van der Waals surface area contributed by atoms with Gasteiger partial charge in [-0.15, -0.1) is 0 Å². The Labute approximate surface area is 145 Å². The Bertz CT molecular complexity index is 583. The van der Waals surface area contributed by atoms with Gasteiger partial charge in [0.15, 0.2) is 0 Å². The van der Waals surface area contributed by atoms with Gasteiger partial charge in [0.1, 0.15) is 0 Å². The van der Waals surface area contributed by atoms with E-state index in [1.807, 2.05) is 36.4 Å². The number of nitrogens with one attached hydrogen (secondary N) is 2. The van der Waals surface area contributed by atoms with Gasteiger partial charge in [0.25, 0.3) is 0 Å². The molecule has 2 aromatic carbocycles. The average Bonchev–Trinajstić information content (AvgIpc) is 2.61. The molecule has 0 aromatic heterocycles. The Morgan fingerprint density at radius 1 is 0.958 bits per heavy atom. The van der Waals surface area contributed by atoms with Crippen molar-refractivity contribution in [1.29, 1.82) is 0 Å². The summed E-state index contributed by atoms with van der Waals surface area (Å²) in [5.74, 6) is 0.572. The predicted octanol–water partition coefficient (Wildman–Crippen LogP) is 4.26. The topological polar surface area (TPSA) is 41.1 Å². The maximum Gasteiger partial charge on any atom is 0.220 e. The fourth-order valence-electron chi connectivity index (χ4n) is 2.65. The van der Waals surface area contributed by atoms with Crippen molar-refractivity contribution in [2.24, 2.45) is 5.92 Å². The number of carbonyl (C=O) groups is 1. The molecule has 0 aliphatic heterocycles. The standard InChI is InChI=1S/C21H28N2O/c1-18(13-14-19-9-4-2-5-10-19)17-21(24)23-16-8-15-22-20-11-6-3-7-12-20/h2-7,9-12,18,22H,8,13-17H2,1H3,(H,23,24). The lowest BCUT2D eigenvalue weighted by molar-refractivity contribution is -0.121. The molecule has 0 saturated carbocycles. The van der Waals surface area contributed by atoms with Gasteiger partial charge in [0, 0.05) is 25.2 Å². The van der Waals surface area contributed by atoms with Crippen LogP contribution in [-0.2, 0) is 11.2 Å². The van der Waals surface area contributed by atoms with Crippen LogP contribution in [0.4, 0.5) is 5.69 Å². The maximum atomic E-state index is 12.0. The smallest absolute Gasteiger partial charge is 0.220 e. The highest BCUT2D eigenvalue weighted by Gasteiger charge is 2.08. The number of rotatable bonds is 10. The molecule has 0 saturated heterocycles. The predicted molar refractivity (Wildman–Crippen MR) is 101 cm³/mol. The monoisotopic (exact) mass is 324 g/mol. The van der Waals surface area contributed by atoms with Crippen molar-refractivity contribution in [3.05, 3.63) is 66.2 Å². The zero-order valence-electron chi connectivity index (χ0n) is 14.5. The molecular formula is C21H28N2O. The molecule has 0 aliphatic rings. The average molecular weight is 324 g/mol. The van der Waals surface area contributed by atoms with E-state index < -0.39 is 0 Å². The molecule has 0 aliphatic carbocycles. The van der Waals surface area contributed by atoms with Crippen molar-refractivity contribution in [2.75, 3.05) is 18.4 Å². The Hall–Kier alpha value is -2.29. The molecule has 2 N–H and O–H groups in total. The van der Waals surface area contributed by atoms with Crippen molar-refractivity contribution in [2.45, 2.75) is 32.6 Å². The van der Waals surface area contributed by atoms with Crippen LogP contribution in [0.2, 0.25) is 0 Å². The van der Waals surface area contributed by atoms with Gasteiger partial charge in [-0.3, -0.25) is 4.79 Å². The van der Waals surface area contributed by atoms with Crippen LogP contribution in [-0.4, -0.2) is 19.0 Å². The van der Waals surface area contributed by atoms with Crippen LogP contribution < -0.4 is 10.6 Å². The van der Waals surface area contributed by atoms with E-state index in [2.05, 4.69) is 41.8 Å². The van der Waals surface area contributed by atoms with E-state index in [-0.39, 0.29) is 5.91 Å². The first-order valence-electron chi connectivity index (χ1n) is 8.83. The summed E-state index contributed by atoms with van der Waals surface area (Å²) in [5.41, 5.74) is 2.47. The number of aryl methyl sites for hydroxylation is 1. The summed E-state index contributed by atoms with van der Waals surface area (Å²) in [7, 11) is 0. The van der Waals surface area contributed by atoms with Crippen LogP contribution in [0, 0.1) is 5.92 Å². The minimum Gasteiger partial charge on any atom is -0.385 e. The number of benzene rings is 2. The summed E-state index contributed by atoms with van der Waals surface area (Å²) in [6.45, 7) is 3.75. The quantitative estimate of drug-likeness (QED) is 0.641. The highest BCUT2D eigenvalue weighted by Crippen LogP contribution is 2.12. The minimum absolute atomic E-state index is 0.162. The highest BCUT2D eigenvalue weighted by atomic mass is 16.1. The lowest BCUT2D eigenvalue weighted by atomic mass is 9.98. The second-order valence-corrected chi connectivity index (χ2v) is 6.33. The van der Waals surface area contributed by atoms with Crippen LogP contribution in [0.3, 0.4) is 0 Å². The van der Waals surface area contributed by atoms with Crippen molar-refractivity contribution in [1.82, 2.24) is 5.32 Å². The molecule has 3 heteroatoms. The van der Waals surface area contributed by atoms with Gasteiger partial charge in [-0.1, -0.05) is 55.5 Å². The zero-order chi connectivity index (χ0) is 17.0. The zero-order valence-corrected chi connectivity index (χ0v) is 14.5. The third kappa shape index (κ3) is 7.32. The molecule has 1 unspecified atom stereocenters. The summed E-state index contributed by atoms with van der Waals surface area (Å²) >= 11 is 0. The van der Waals surface area contributed by atoms with Crippen molar-refractivity contribution >= 4 is 11.6 Å². The molecule has 24 heavy (non-hydrogen) atoms. The molecule has 0 fully saturated rings. The molecule has 0 spiro atoms. The summed E-state index contributed by atoms with van der Waals surface area (Å²) in [4.78, 5) is 12.0. The van der Waals surface area contributed by atoms with Crippen LogP contribution in [0.25, 0.3) is 0 Å².